The number of anilines is 1. The van der Waals surface area contributed by atoms with Crippen molar-refractivity contribution in [1.82, 2.24) is 5.32 Å². The molecular formula is C20H26N2OS2. The van der Waals surface area contributed by atoms with Gasteiger partial charge in [0, 0.05) is 9.75 Å². The molecule has 1 aliphatic carbocycles. The first-order chi connectivity index (χ1) is 11.9. The van der Waals surface area contributed by atoms with E-state index in [9.17, 15) is 4.79 Å². The van der Waals surface area contributed by atoms with E-state index in [0.717, 1.165) is 23.4 Å². The van der Waals surface area contributed by atoms with Crippen LogP contribution in [0.25, 0.3) is 0 Å². The summed E-state index contributed by atoms with van der Waals surface area (Å²) in [6.45, 7) is 9.16. The molecule has 0 bridgehead atoms. The first-order valence-corrected chi connectivity index (χ1v) is 10.9. The van der Waals surface area contributed by atoms with Crippen LogP contribution in [-0.2, 0) is 12.8 Å². The number of fused-ring (bicyclic) bond motifs is 3. The molecule has 3 nitrogen and oxygen atoms in total. The topological polar surface area (TPSA) is 41.1 Å². The minimum absolute atomic E-state index is 0.0945. The summed E-state index contributed by atoms with van der Waals surface area (Å²) in [6, 6.07) is 2.11. The second kappa shape index (κ2) is 6.13. The quantitative estimate of drug-likeness (QED) is 0.743. The van der Waals surface area contributed by atoms with Crippen molar-refractivity contribution in [3.63, 3.8) is 0 Å². The van der Waals surface area contributed by atoms with Crippen molar-refractivity contribution >= 4 is 33.6 Å². The molecule has 2 atom stereocenters. The van der Waals surface area contributed by atoms with Gasteiger partial charge in [0.15, 0.2) is 0 Å². The molecule has 5 heteroatoms. The highest BCUT2D eigenvalue weighted by Gasteiger charge is 2.37. The highest BCUT2D eigenvalue weighted by molar-refractivity contribution is 7.16. The normalized spacial score (nSPS) is 22.8. The summed E-state index contributed by atoms with van der Waals surface area (Å²) in [5.74, 6) is 0.806. The summed E-state index contributed by atoms with van der Waals surface area (Å²) in [7, 11) is 0. The molecule has 25 heavy (non-hydrogen) atoms. The Labute approximate surface area is 157 Å². The Balaban J connectivity index is 1.65. The van der Waals surface area contributed by atoms with E-state index >= 15 is 0 Å². The third-order valence-corrected chi connectivity index (χ3v) is 8.49. The Morgan fingerprint density at radius 1 is 1.32 bits per heavy atom. The van der Waals surface area contributed by atoms with E-state index in [-0.39, 0.29) is 12.1 Å². The molecular weight excluding hydrogens is 348 g/mol. The van der Waals surface area contributed by atoms with Gasteiger partial charge in [-0.3, -0.25) is 4.79 Å². The van der Waals surface area contributed by atoms with Crippen LogP contribution in [0.1, 0.15) is 71.0 Å². The number of amides is 1. The van der Waals surface area contributed by atoms with Gasteiger partial charge in [0.05, 0.1) is 5.56 Å². The second-order valence-electron chi connectivity index (χ2n) is 8.01. The number of carbonyl (C=O) groups is 1. The second-order valence-corrected chi connectivity index (χ2v) is 10.1. The number of nitrogens with one attached hydrogen (secondary N) is 2. The molecule has 0 saturated carbocycles. The van der Waals surface area contributed by atoms with E-state index in [1.54, 1.807) is 11.3 Å². The van der Waals surface area contributed by atoms with Crippen LogP contribution in [0.3, 0.4) is 0 Å². The number of hydrogen-bond acceptors (Lipinski definition) is 4. The van der Waals surface area contributed by atoms with Crippen LogP contribution in [0.15, 0.2) is 11.4 Å². The minimum atomic E-state index is -0.0945. The third kappa shape index (κ3) is 2.81. The largest absolute Gasteiger partial charge is 0.352 e. The molecule has 0 spiro atoms. The fraction of sp³-hybridized carbons (Fsp3) is 0.550. The number of carbonyl (C=O) groups excluding carboxylic acids is 1. The molecule has 2 N–H and O–H groups in total. The molecule has 1 aliphatic heterocycles. The van der Waals surface area contributed by atoms with E-state index < -0.39 is 0 Å². The molecule has 2 aromatic heterocycles. The minimum Gasteiger partial charge on any atom is -0.352 e. The Morgan fingerprint density at radius 2 is 2.12 bits per heavy atom. The summed E-state index contributed by atoms with van der Waals surface area (Å²) in [4.78, 5) is 15.5. The van der Waals surface area contributed by atoms with E-state index in [1.165, 1.54) is 33.7 Å². The number of rotatable bonds is 3. The lowest BCUT2D eigenvalue weighted by atomic mass is 9.69. The van der Waals surface area contributed by atoms with Crippen LogP contribution in [0, 0.1) is 18.3 Å². The van der Waals surface area contributed by atoms with E-state index in [0.29, 0.717) is 11.3 Å². The lowest BCUT2D eigenvalue weighted by molar-refractivity contribution is 0.0935. The zero-order valence-electron chi connectivity index (χ0n) is 15.4. The fourth-order valence-corrected chi connectivity index (χ4v) is 6.34. The number of thiophene rings is 2. The Bertz CT molecular complexity index is 818. The number of hydrogen-bond donors (Lipinski definition) is 2. The zero-order valence-corrected chi connectivity index (χ0v) is 17.0. The van der Waals surface area contributed by atoms with Crippen LogP contribution in [0.5, 0.6) is 0 Å². The van der Waals surface area contributed by atoms with Crippen LogP contribution in [0.4, 0.5) is 5.00 Å². The van der Waals surface area contributed by atoms with Crippen molar-refractivity contribution < 1.29 is 4.79 Å². The fourth-order valence-electron chi connectivity index (χ4n) is 4.07. The lowest BCUT2D eigenvalue weighted by Gasteiger charge is -2.36. The first-order valence-electron chi connectivity index (χ1n) is 9.16. The zero-order chi connectivity index (χ0) is 17.8. The molecule has 0 radical (unpaired) electrons. The van der Waals surface area contributed by atoms with Gasteiger partial charge in [0.25, 0.3) is 5.91 Å². The molecule has 0 aromatic carbocycles. The highest BCUT2D eigenvalue weighted by atomic mass is 32.1. The van der Waals surface area contributed by atoms with Gasteiger partial charge in [0.2, 0.25) is 0 Å². The Morgan fingerprint density at radius 3 is 2.80 bits per heavy atom. The van der Waals surface area contributed by atoms with Crippen molar-refractivity contribution in [2.45, 2.75) is 59.5 Å². The van der Waals surface area contributed by atoms with E-state index in [2.05, 4.69) is 49.8 Å². The van der Waals surface area contributed by atoms with Gasteiger partial charge in [0.1, 0.15) is 11.2 Å². The maximum atomic E-state index is 12.8. The van der Waals surface area contributed by atoms with E-state index in [4.69, 9.17) is 0 Å². The summed E-state index contributed by atoms with van der Waals surface area (Å²) in [6.07, 6.45) is 4.45. The van der Waals surface area contributed by atoms with Gasteiger partial charge in [-0.05, 0) is 60.1 Å². The van der Waals surface area contributed by atoms with Gasteiger partial charge in [-0.1, -0.05) is 27.2 Å². The van der Waals surface area contributed by atoms with Crippen molar-refractivity contribution in [2.75, 3.05) is 5.32 Å². The standard InChI is InChI=1S/C20H26N2OS2/c1-5-20(3,4)12-6-7-13-14(10-12)25-19-15(13)18(23)21-17(22-19)16-11(2)8-9-24-16/h8-9,12,17,22H,5-7,10H2,1-4H3,(H,21,23)/t12-,17+/m0/s1. The summed E-state index contributed by atoms with van der Waals surface area (Å²) < 4.78 is 0. The summed E-state index contributed by atoms with van der Waals surface area (Å²) in [5.41, 5.74) is 3.82. The molecule has 0 unspecified atom stereocenters. The smallest absolute Gasteiger partial charge is 0.256 e. The van der Waals surface area contributed by atoms with Crippen LogP contribution < -0.4 is 10.6 Å². The van der Waals surface area contributed by atoms with Gasteiger partial charge in [-0.15, -0.1) is 22.7 Å². The van der Waals surface area contributed by atoms with Gasteiger partial charge >= 0.3 is 0 Å². The highest BCUT2D eigenvalue weighted by Crippen LogP contribution is 2.47. The van der Waals surface area contributed by atoms with Crippen molar-refractivity contribution in [1.29, 1.82) is 0 Å². The molecule has 1 amide bonds. The van der Waals surface area contributed by atoms with Gasteiger partial charge in [-0.2, -0.15) is 0 Å². The Hall–Kier alpha value is -1.33. The van der Waals surface area contributed by atoms with Gasteiger partial charge < -0.3 is 10.6 Å². The Kier molecular flexibility index (Phi) is 4.19. The molecule has 2 aliphatic rings. The molecule has 134 valence electrons. The molecule has 0 fully saturated rings. The van der Waals surface area contributed by atoms with Gasteiger partial charge in [-0.25, -0.2) is 0 Å². The predicted molar refractivity (Wildman–Crippen MR) is 107 cm³/mol. The van der Waals surface area contributed by atoms with Crippen molar-refractivity contribution in [2.24, 2.45) is 11.3 Å². The predicted octanol–water partition coefficient (Wildman–Crippen LogP) is 5.51. The maximum Gasteiger partial charge on any atom is 0.256 e. The molecule has 4 rings (SSSR count). The SMILES string of the molecule is CCC(C)(C)[C@H]1CCc2c(sc3c2C(=O)N[C@@H](c2sccc2C)N3)C1. The van der Waals surface area contributed by atoms with Crippen LogP contribution in [-0.4, -0.2) is 5.91 Å². The van der Waals surface area contributed by atoms with Crippen molar-refractivity contribution in [3.05, 3.63) is 37.9 Å². The molecule has 0 saturated heterocycles. The molecule has 2 aromatic rings. The monoisotopic (exact) mass is 374 g/mol. The van der Waals surface area contributed by atoms with E-state index in [1.807, 2.05) is 11.3 Å². The summed E-state index contributed by atoms with van der Waals surface area (Å²) in [5, 5.41) is 9.92. The van der Waals surface area contributed by atoms with Crippen molar-refractivity contribution in [3.8, 4) is 0 Å². The lowest BCUT2D eigenvalue weighted by Crippen LogP contribution is -2.38. The first kappa shape index (κ1) is 17.1. The van der Waals surface area contributed by atoms with Crippen LogP contribution in [0.2, 0.25) is 0 Å². The molecule has 3 heterocycles. The third-order valence-electron chi connectivity index (χ3n) is 6.22. The average Bonchev–Trinajstić information content (AvgIpc) is 3.17. The average molecular weight is 375 g/mol. The summed E-state index contributed by atoms with van der Waals surface area (Å²) >= 11 is 3.51. The number of aryl methyl sites for hydroxylation is 1. The maximum absolute atomic E-state index is 12.8. The van der Waals surface area contributed by atoms with Crippen LogP contribution >= 0.6 is 22.7 Å².